The van der Waals surface area contributed by atoms with Gasteiger partial charge in [0.05, 0.1) is 0 Å². The fraction of sp³-hybridized carbons (Fsp3) is 0.846. The lowest BCUT2D eigenvalue weighted by Crippen LogP contribution is -2.14. The summed E-state index contributed by atoms with van der Waals surface area (Å²) in [6, 6.07) is 0. The molecule has 0 spiro atoms. The van der Waals surface area contributed by atoms with Crippen LogP contribution in [0.3, 0.4) is 0 Å². The molecule has 1 aliphatic carbocycles. The SMILES string of the molecule is [CH2]CCCCCCC(=O)OC1CCCC1. The number of hydrogen-bond donors (Lipinski definition) is 0. The molecule has 0 heterocycles. The van der Waals surface area contributed by atoms with Crippen LogP contribution in [0.5, 0.6) is 0 Å². The molecule has 1 rings (SSSR count). The van der Waals surface area contributed by atoms with Crippen LogP contribution in [-0.4, -0.2) is 12.1 Å². The predicted molar refractivity (Wildman–Crippen MR) is 61.4 cm³/mol. The number of esters is 1. The van der Waals surface area contributed by atoms with E-state index in [0.29, 0.717) is 6.42 Å². The Kier molecular flexibility index (Phi) is 6.45. The van der Waals surface area contributed by atoms with Crippen molar-refractivity contribution in [3.05, 3.63) is 6.92 Å². The molecule has 0 aromatic heterocycles. The summed E-state index contributed by atoms with van der Waals surface area (Å²) in [6.07, 6.45) is 10.9. The molecule has 0 aromatic rings. The van der Waals surface area contributed by atoms with E-state index in [1.165, 1.54) is 25.7 Å². The zero-order chi connectivity index (χ0) is 10.9. The van der Waals surface area contributed by atoms with Crippen LogP contribution in [0.25, 0.3) is 0 Å². The van der Waals surface area contributed by atoms with Gasteiger partial charge in [-0.05, 0) is 32.1 Å². The molecule has 1 saturated carbocycles. The summed E-state index contributed by atoms with van der Waals surface area (Å²) in [7, 11) is 0. The van der Waals surface area contributed by atoms with Crippen LogP contribution in [-0.2, 0) is 9.53 Å². The lowest BCUT2D eigenvalue weighted by Gasteiger charge is -2.10. The van der Waals surface area contributed by atoms with Gasteiger partial charge in [0.25, 0.3) is 0 Å². The highest BCUT2D eigenvalue weighted by atomic mass is 16.5. The third-order valence-corrected chi connectivity index (χ3v) is 2.98. The molecule has 0 N–H and O–H groups in total. The van der Waals surface area contributed by atoms with Crippen molar-refractivity contribution in [2.45, 2.75) is 70.3 Å². The average Bonchev–Trinajstić information content (AvgIpc) is 2.70. The monoisotopic (exact) mass is 211 g/mol. The first kappa shape index (κ1) is 12.5. The molecule has 15 heavy (non-hydrogen) atoms. The summed E-state index contributed by atoms with van der Waals surface area (Å²) in [5.74, 6) is 0.0107. The molecule has 0 atom stereocenters. The van der Waals surface area contributed by atoms with E-state index in [9.17, 15) is 4.79 Å². The molecule has 2 nitrogen and oxygen atoms in total. The van der Waals surface area contributed by atoms with Gasteiger partial charge in [0.2, 0.25) is 0 Å². The number of rotatable bonds is 7. The molecule has 0 bridgehead atoms. The van der Waals surface area contributed by atoms with Gasteiger partial charge in [-0.3, -0.25) is 4.79 Å². The third kappa shape index (κ3) is 5.81. The Labute approximate surface area is 93.4 Å². The molecule has 0 unspecified atom stereocenters. The van der Waals surface area contributed by atoms with Crippen LogP contribution in [0.15, 0.2) is 0 Å². The fourth-order valence-corrected chi connectivity index (χ4v) is 2.05. The summed E-state index contributed by atoms with van der Waals surface area (Å²) in [6.45, 7) is 3.80. The highest BCUT2D eigenvalue weighted by molar-refractivity contribution is 5.69. The highest BCUT2D eigenvalue weighted by Crippen LogP contribution is 2.21. The van der Waals surface area contributed by atoms with Crippen molar-refractivity contribution in [1.82, 2.24) is 0 Å². The summed E-state index contributed by atoms with van der Waals surface area (Å²) >= 11 is 0. The third-order valence-electron chi connectivity index (χ3n) is 2.98. The average molecular weight is 211 g/mol. The Morgan fingerprint density at radius 2 is 1.80 bits per heavy atom. The lowest BCUT2D eigenvalue weighted by molar-refractivity contribution is -0.148. The maximum absolute atomic E-state index is 11.4. The number of carbonyl (C=O) groups excluding carboxylic acids is 1. The first-order valence-electron chi connectivity index (χ1n) is 6.31. The normalized spacial score (nSPS) is 16.9. The van der Waals surface area contributed by atoms with Crippen LogP contribution in [0.2, 0.25) is 0 Å². The minimum absolute atomic E-state index is 0.0107. The molecule has 0 aliphatic heterocycles. The summed E-state index contributed by atoms with van der Waals surface area (Å²) in [5.41, 5.74) is 0. The van der Waals surface area contributed by atoms with Gasteiger partial charge in [-0.1, -0.05) is 32.6 Å². The molecule has 0 saturated heterocycles. The number of unbranched alkanes of at least 4 members (excludes halogenated alkanes) is 4. The van der Waals surface area contributed by atoms with Crippen molar-refractivity contribution in [2.75, 3.05) is 0 Å². The van der Waals surface area contributed by atoms with Crippen LogP contribution >= 0.6 is 0 Å². The zero-order valence-electron chi connectivity index (χ0n) is 9.67. The Bertz CT molecular complexity index is 171. The van der Waals surface area contributed by atoms with E-state index in [1.54, 1.807) is 0 Å². The molecular weight excluding hydrogens is 188 g/mol. The Hall–Kier alpha value is -0.530. The molecule has 1 fully saturated rings. The van der Waals surface area contributed by atoms with E-state index in [4.69, 9.17) is 4.74 Å². The van der Waals surface area contributed by atoms with Gasteiger partial charge < -0.3 is 4.74 Å². The lowest BCUT2D eigenvalue weighted by atomic mass is 10.1. The fourth-order valence-electron chi connectivity index (χ4n) is 2.05. The highest BCUT2D eigenvalue weighted by Gasteiger charge is 2.18. The molecular formula is C13H23O2. The topological polar surface area (TPSA) is 26.3 Å². The molecule has 87 valence electrons. The Morgan fingerprint density at radius 3 is 2.47 bits per heavy atom. The van der Waals surface area contributed by atoms with Gasteiger partial charge in [-0.15, -0.1) is 0 Å². The van der Waals surface area contributed by atoms with Crippen molar-refractivity contribution < 1.29 is 9.53 Å². The van der Waals surface area contributed by atoms with E-state index >= 15 is 0 Å². The molecule has 2 heteroatoms. The smallest absolute Gasteiger partial charge is 0.306 e. The van der Waals surface area contributed by atoms with Gasteiger partial charge in [0, 0.05) is 6.42 Å². The van der Waals surface area contributed by atoms with Crippen LogP contribution in [0, 0.1) is 6.92 Å². The van der Waals surface area contributed by atoms with Crippen molar-refractivity contribution in [3.63, 3.8) is 0 Å². The number of carbonyl (C=O) groups is 1. The van der Waals surface area contributed by atoms with Crippen LogP contribution < -0.4 is 0 Å². The van der Waals surface area contributed by atoms with Gasteiger partial charge in [0.15, 0.2) is 0 Å². The number of hydrogen-bond acceptors (Lipinski definition) is 2. The van der Waals surface area contributed by atoms with E-state index in [0.717, 1.165) is 32.1 Å². The van der Waals surface area contributed by atoms with E-state index in [2.05, 4.69) is 6.92 Å². The largest absolute Gasteiger partial charge is 0.462 e. The second kappa shape index (κ2) is 7.72. The molecule has 1 radical (unpaired) electrons. The standard InChI is InChI=1S/C13H23O2/c1-2-3-4-5-6-11-13(14)15-12-9-7-8-10-12/h12H,1-11H2. The maximum Gasteiger partial charge on any atom is 0.306 e. The number of ether oxygens (including phenoxy) is 1. The van der Waals surface area contributed by atoms with E-state index < -0.39 is 0 Å². The summed E-state index contributed by atoms with van der Waals surface area (Å²) in [5, 5.41) is 0. The molecule has 0 aromatic carbocycles. The van der Waals surface area contributed by atoms with Crippen LogP contribution in [0.1, 0.15) is 64.2 Å². The minimum atomic E-state index is 0.0107. The van der Waals surface area contributed by atoms with E-state index in [-0.39, 0.29) is 12.1 Å². The minimum Gasteiger partial charge on any atom is -0.462 e. The second-order valence-corrected chi connectivity index (χ2v) is 4.41. The molecule has 1 aliphatic rings. The van der Waals surface area contributed by atoms with Gasteiger partial charge in [-0.2, -0.15) is 0 Å². The van der Waals surface area contributed by atoms with Crippen molar-refractivity contribution in [3.8, 4) is 0 Å². The Balaban J connectivity index is 1.93. The van der Waals surface area contributed by atoms with Crippen molar-refractivity contribution >= 4 is 5.97 Å². The summed E-state index contributed by atoms with van der Waals surface area (Å²) < 4.78 is 5.37. The van der Waals surface area contributed by atoms with Crippen molar-refractivity contribution in [2.24, 2.45) is 0 Å². The first-order chi connectivity index (χ1) is 7.33. The second-order valence-electron chi connectivity index (χ2n) is 4.41. The van der Waals surface area contributed by atoms with Crippen molar-refractivity contribution in [1.29, 1.82) is 0 Å². The molecule has 0 amide bonds. The maximum atomic E-state index is 11.4. The van der Waals surface area contributed by atoms with Gasteiger partial charge >= 0.3 is 5.97 Å². The van der Waals surface area contributed by atoms with Gasteiger partial charge in [-0.25, -0.2) is 0 Å². The quantitative estimate of drug-likeness (QED) is 0.474. The van der Waals surface area contributed by atoms with E-state index in [1.807, 2.05) is 0 Å². The first-order valence-corrected chi connectivity index (χ1v) is 6.31. The van der Waals surface area contributed by atoms with Gasteiger partial charge in [0.1, 0.15) is 6.10 Å². The van der Waals surface area contributed by atoms with Crippen LogP contribution in [0.4, 0.5) is 0 Å². The summed E-state index contributed by atoms with van der Waals surface area (Å²) in [4.78, 5) is 11.4. The Morgan fingerprint density at radius 1 is 1.13 bits per heavy atom. The predicted octanol–water partition coefficient (Wildman–Crippen LogP) is 3.65. The zero-order valence-corrected chi connectivity index (χ0v) is 9.67.